The number of likely N-dealkylation sites (tertiary alicyclic amines) is 1. The van der Waals surface area contributed by atoms with Crippen molar-refractivity contribution in [3.8, 4) is 0 Å². The van der Waals surface area contributed by atoms with E-state index < -0.39 is 0 Å². The van der Waals surface area contributed by atoms with E-state index in [-0.39, 0.29) is 18.1 Å². The van der Waals surface area contributed by atoms with Crippen LogP contribution in [0.25, 0.3) is 0 Å². The largest absolute Gasteiger partial charge is 0.380 e. The van der Waals surface area contributed by atoms with Gasteiger partial charge in [-0.05, 0) is 19.3 Å². The van der Waals surface area contributed by atoms with Crippen molar-refractivity contribution in [2.75, 3.05) is 13.7 Å². The Bertz CT molecular complexity index is 592. The van der Waals surface area contributed by atoms with Gasteiger partial charge in [0.2, 0.25) is 5.91 Å². The zero-order valence-electron chi connectivity index (χ0n) is 14.6. The molecule has 0 unspecified atom stereocenters. The Morgan fingerprint density at radius 2 is 1.92 bits per heavy atom. The van der Waals surface area contributed by atoms with Crippen molar-refractivity contribution < 1.29 is 9.53 Å². The fourth-order valence-corrected chi connectivity index (χ4v) is 4.64. The molecule has 6 nitrogen and oxygen atoms in total. The minimum absolute atomic E-state index is 0.0325. The van der Waals surface area contributed by atoms with Crippen LogP contribution >= 0.6 is 0 Å². The number of aromatic nitrogens is 3. The average Bonchev–Trinajstić information content (AvgIpc) is 3.25. The van der Waals surface area contributed by atoms with Gasteiger partial charge in [0.1, 0.15) is 5.82 Å². The number of fused-ring (bicyclic) bond motifs is 1. The van der Waals surface area contributed by atoms with Gasteiger partial charge in [-0.3, -0.25) is 4.79 Å². The summed E-state index contributed by atoms with van der Waals surface area (Å²) in [5.41, 5.74) is 0. The van der Waals surface area contributed by atoms with E-state index in [1.54, 1.807) is 7.11 Å². The Labute approximate surface area is 143 Å². The summed E-state index contributed by atoms with van der Waals surface area (Å²) in [5, 5.41) is 8.80. The lowest BCUT2D eigenvalue weighted by Crippen LogP contribution is -2.37. The SMILES string of the molecule is CO[C@@H]1C[C@@H](c2nnc3n2CCC3)N(C(=O)C2CCCCCC2)C1. The highest BCUT2D eigenvalue weighted by molar-refractivity contribution is 5.79. The van der Waals surface area contributed by atoms with E-state index in [0.717, 1.165) is 50.3 Å². The standard InChI is InChI=1S/C18H28N4O2/c1-24-14-11-15(17-20-19-16-9-6-10-21(16)17)22(12-14)18(23)13-7-4-2-3-5-8-13/h13-15H,2-12H2,1H3/t14-,15+/m1/s1. The smallest absolute Gasteiger partial charge is 0.226 e. The Morgan fingerprint density at radius 3 is 2.67 bits per heavy atom. The van der Waals surface area contributed by atoms with Gasteiger partial charge in [-0.2, -0.15) is 0 Å². The zero-order chi connectivity index (χ0) is 16.5. The number of rotatable bonds is 3. The molecule has 1 aliphatic carbocycles. The molecule has 1 aromatic rings. The number of carbonyl (C=O) groups excluding carboxylic acids is 1. The van der Waals surface area contributed by atoms with Crippen molar-refractivity contribution in [3.63, 3.8) is 0 Å². The highest BCUT2D eigenvalue weighted by Crippen LogP contribution is 2.36. The van der Waals surface area contributed by atoms with E-state index in [9.17, 15) is 4.79 Å². The summed E-state index contributed by atoms with van der Waals surface area (Å²) in [6.07, 6.45) is 10.1. The Balaban J connectivity index is 1.58. The van der Waals surface area contributed by atoms with Gasteiger partial charge in [-0.25, -0.2) is 0 Å². The number of amides is 1. The van der Waals surface area contributed by atoms with Crippen LogP contribution in [-0.4, -0.2) is 45.3 Å². The summed E-state index contributed by atoms with van der Waals surface area (Å²) < 4.78 is 7.83. The van der Waals surface area contributed by atoms with Crippen molar-refractivity contribution in [3.05, 3.63) is 11.6 Å². The average molecular weight is 332 g/mol. The lowest BCUT2D eigenvalue weighted by atomic mass is 9.98. The summed E-state index contributed by atoms with van der Waals surface area (Å²) >= 11 is 0. The van der Waals surface area contributed by atoms with Gasteiger partial charge in [-0.1, -0.05) is 25.7 Å². The summed E-state index contributed by atoms with van der Waals surface area (Å²) in [6.45, 7) is 1.68. The molecular formula is C18H28N4O2. The molecule has 132 valence electrons. The molecule has 1 saturated heterocycles. The number of nitrogens with zero attached hydrogens (tertiary/aromatic N) is 4. The van der Waals surface area contributed by atoms with E-state index in [1.165, 1.54) is 25.7 Å². The number of hydrogen-bond donors (Lipinski definition) is 0. The van der Waals surface area contributed by atoms with E-state index in [4.69, 9.17) is 4.74 Å². The number of methoxy groups -OCH3 is 1. The highest BCUT2D eigenvalue weighted by atomic mass is 16.5. The van der Waals surface area contributed by atoms with Gasteiger partial charge in [0.25, 0.3) is 0 Å². The van der Waals surface area contributed by atoms with Crippen LogP contribution in [0.2, 0.25) is 0 Å². The molecule has 2 fully saturated rings. The third kappa shape index (κ3) is 2.85. The van der Waals surface area contributed by atoms with E-state index in [0.29, 0.717) is 12.5 Å². The third-order valence-electron chi connectivity index (χ3n) is 6.02. The predicted octanol–water partition coefficient (Wildman–Crippen LogP) is 2.48. The molecule has 4 rings (SSSR count). The summed E-state index contributed by atoms with van der Waals surface area (Å²) in [7, 11) is 1.75. The molecule has 0 spiro atoms. The van der Waals surface area contributed by atoms with Crippen molar-refractivity contribution in [1.29, 1.82) is 0 Å². The van der Waals surface area contributed by atoms with Gasteiger partial charge in [0.05, 0.1) is 12.1 Å². The maximum absolute atomic E-state index is 13.2. The van der Waals surface area contributed by atoms with Crippen LogP contribution in [-0.2, 0) is 22.5 Å². The topological polar surface area (TPSA) is 60.3 Å². The van der Waals surface area contributed by atoms with Gasteiger partial charge >= 0.3 is 0 Å². The Hall–Kier alpha value is -1.43. The molecule has 24 heavy (non-hydrogen) atoms. The summed E-state index contributed by atoms with van der Waals surface area (Å²) in [4.78, 5) is 15.3. The molecule has 1 amide bonds. The first-order valence-electron chi connectivity index (χ1n) is 9.53. The van der Waals surface area contributed by atoms with Gasteiger partial charge < -0.3 is 14.2 Å². The Morgan fingerprint density at radius 1 is 1.12 bits per heavy atom. The van der Waals surface area contributed by atoms with Gasteiger partial charge in [0, 0.05) is 39.0 Å². The lowest BCUT2D eigenvalue weighted by Gasteiger charge is -2.28. The summed E-state index contributed by atoms with van der Waals surface area (Å²) in [6, 6.07) is 0.0325. The number of ether oxygens (including phenoxy) is 1. The van der Waals surface area contributed by atoms with Crippen molar-refractivity contribution >= 4 is 5.91 Å². The molecule has 3 aliphatic rings. The third-order valence-corrected chi connectivity index (χ3v) is 6.02. The number of aryl methyl sites for hydroxylation is 1. The molecule has 2 aliphatic heterocycles. The highest BCUT2D eigenvalue weighted by Gasteiger charge is 2.41. The second-order valence-electron chi connectivity index (χ2n) is 7.52. The number of carbonyl (C=O) groups is 1. The monoisotopic (exact) mass is 332 g/mol. The van der Waals surface area contributed by atoms with Gasteiger partial charge in [-0.15, -0.1) is 10.2 Å². The molecular weight excluding hydrogens is 304 g/mol. The van der Waals surface area contributed by atoms with E-state index >= 15 is 0 Å². The molecule has 3 heterocycles. The molecule has 6 heteroatoms. The van der Waals surface area contributed by atoms with Crippen LogP contribution in [0.3, 0.4) is 0 Å². The van der Waals surface area contributed by atoms with Gasteiger partial charge in [0.15, 0.2) is 5.82 Å². The molecule has 0 N–H and O–H groups in total. The van der Waals surface area contributed by atoms with Crippen LogP contribution in [0.4, 0.5) is 0 Å². The first kappa shape index (κ1) is 16.1. The van der Waals surface area contributed by atoms with E-state index in [2.05, 4.69) is 19.7 Å². The van der Waals surface area contributed by atoms with Crippen molar-refractivity contribution in [2.45, 2.75) is 76.5 Å². The van der Waals surface area contributed by atoms with Crippen molar-refractivity contribution in [1.82, 2.24) is 19.7 Å². The molecule has 2 atom stereocenters. The summed E-state index contributed by atoms with van der Waals surface area (Å²) in [5.74, 6) is 2.56. The maximum Gasteiger partial charge on any atom is 0.226 e. The predicted molar refractivity (Wildman–Crippen MR) is 89.4 cm³/mol. The first-order chi connectivity index (χ1) is 11.8. The fraction of sp³-hybridized carbons (Fsp3) is 0.833. The molecule has 0 bridgehead atoms. The first-order valence-corrected chi connectivity index (χ1v) is 9.53. The second-order valence-corrected chi connectivity index (χ2v) is 7.52. The molecule has 1 aromatic heterocycles. The Kier molecular flexibility index (Phi) is 4.57. The lowest BCUT2D eigenvalue weighted by molar-refractivity contribution is -0.137. The quantitative estimate of drug-likeness (QED) is 0.798. The minimum Gasteiger partial charge on any atom is -0.380 e. The van der Waals surface area contributed by atoms with Crippen LogP contribution < -0.4 is 0 Å². The zero-order valence-corrected chi connectivity index (χ0v) is 14.6. The molecule has 0 aromatic carbocycles. The van der Waals surface area contributed by atoms with Crippen LogP contribution in [0, 0.1) is 5.92 Å². The second kappa shape index (κ2) is 6.82. The molecule has 1 saturated carbocycles. The minimum atomic E-state index is 0.0325. The maximum atomic E-state index is 13.2. The van der Waals surface area contributed by atoms with Crippen LogP contribution in [0.5, 0.6) is 0 Å². The normalized spacial score (nSPS) is 28.1. The fourth-order valence-electron chi connectivity index (χ4n) is 4.64. The number of hydrogen-bond acceptors (Lipinski definition) is 4. The van der Waals surface area contributed by atoms with E-state index in [1.807, 2.05) is 0 Å². The van der Waals surface area contributed by atoms with Crippen LogP contribution in [0.1, 0.15) is 69.1 Å². The molecule has 0 radical (unpaired) electrons. The van der Waals surface area contributed by atoms with Crippen molar-refractivity contribution in [2.24, 2.45) is 5.92 Å². The van der Waals surface area contributed by atoms with Crippen LogP contribution in [0.15, 0.2) is 0 Å².